The molecule has 1 amide bonds. The molecule has 0 aliphatic rings. The average molecular weight is 258 g/mol. The summed E-state index contributed by atoms with van der Waals surface area (Å²) in [5.41, 5.74) is 9.81. The van der Waals surface area contributed by atoms with Crippen LogP contribution in [0.15, 0.2) is 24.4 Å². The van der Waals surface area contributed by atoms with E-state index in [1.807, 2.05) is 33.2 Å². The van der Waals surface area contributed by atoms with Gasteiger partial charge in [-0.15, -0.1) is 0 Å². The molecule has 0 saturated carbocycles. The summed E-state index contributed by atoms with van der Waals surface area (Å²) in [7, 11) is 1.86. The van der Waals surface area contributed by atoms with Crippen molar-refractivity contribution in [2.75, 3.05) is 5.73 Å². The number of hydrogen-bond acceptors (Lipinski definition) is 3. The van der Waals surface area contributed by atoms with E-state index in [1.54, 1.807) is 16.8 Å². The summed E-state index contributed by atoms with van der Waals surface area (Å²) in [6.07, 6.45) is 1.90. The number of anilines is 1. The molecular weight excluding hydrogens is 240 g/mol. The van der Waals surface area contributed by atoms with Crippen molar-refractivity contribution in [2.45, 2.75) is 20.4 Å². The SMILES string of the molecule is Cc1ccc(C(=O)NCc2cn(C)nc2C)c(N)c1. The van der Waals surface area contributed by atoms with Crippen molar-refractivity contribution < 1.29 is 4.79 Å². The summed E-state index contributed by atoms with van der Waals surface area (Å²) in [4.78, 5) is 12.0. The van der Waals surface area contributed by atoms with Gasteiger partial charge in [0.15, 0.2) is 0 Å². The molecular formula is C14H18N4O. The molecule has 100 valence electrons. The first kappa shape index (κ1) is 13.1. The van der Waals surface area contributed by atoms with Crippen molar-refractivity contribution in [3.63, 3.8) is 0 Å². The molecule has 5 heteroatoms. The van der Waals surface area contributed by atoms with E-state index in [2.05, 4.69) is 10.4 Å². The maximum atomic E-state index is 12.0. The summed E-state index contributed by atoms with van der Waals surface area (Å²) < 4.78 is 1.73. The van der Waals surface area contributed by atoms with Crippen LogP contribution in [0, 0.1) is 13.8 Å². The molecule has 0 atom stereocenters. The topological polar surface area (TPSA) is 72.9 Å². The Kier molecular flexibility index (Phi) is 3.55. The van der Waals surface area contributed by atoms with E-state index in [-0.39, 0.29) is 5.91 Å². The van der Waals surface area contributed by atoms with Crippen LogP contribution in [-0.2, 0) is 13.6 Å². The zero-order valence-electron chi connectivity index (χ0n) is 11.4. The lowest BCUT2D eigenvalue weighted by Crippen LogP contribution is -2.24. The Hall–Kier alpha value is -2.30. The molecule has 0 unspecified atom stereocenters. The molecule has 2 rings (SSSR count). The largest absolute Gasteiger partial charge is 0.398 e. The minimum Gasteiger partial charge on any atom is -0.398 e. The third-order valence-electron chi connectivity index (χ3n) is 3.01. The van der Waals surface area contributed by atoms with Gasteiger partial charge in [0.2, 0.25) is 0 Å². The minimum atomic E-state index is -0.166. The van der Waals surface area contributed by atoms with Crippen LogP contribution in [-0.4, -0.2) is 15.7 Å². The van der Waals surface area contributed by atoms with E-state index in [1.165, 1.54) is 0 Å². The number of aromatic nitrogens is 2. The Labute approximate surface area is 112 Å². The maximum Gasteiger partial charge on any atom is 0.253 e. The van der Waals surface area contributed by atoms with Gasteiger partial charge in [-0.3, -0.25) is 9.48 Å². The second-order valence-corrected chi connectivity index (χ2v) is 4.69. The zero-order valence-corrected chi connectivity index (χ0v) is 11.4. The van der Waals surface area contributed by atoms with Crippen LogP contribution in [0.4, 0.5) is 5.69 Å². The molecule has 0 aliphatic heterocycles. The number of rotatable bonds is 3. The standard InChI is InChI=1S/C14H18N4O/c1-9-4-5-12(13(15)6-9)14(19)16-7-11-8-18(3)17-10(11)2/h4-6,8H,7,15H2,1-3H3,(H,16,19). The van der Waals surface area contributed by atoms with Crippen LogP contribution in [0.5, 0.6) is 0 Å². The summed E-state index contributed by atoms with van der Waals surface area (Å²) in [5.74, 6) is -0.166. The Morgan fingerprint density at radius 2 is 2.16 bits per heavy atom. The lowest BCUT2D eigenvalue weighted by molar-refractivity contribution is 0.0952. The van der Waals surface area contributed by atoms with Crippen molar-refractivity contribution in [3.8, 4) is 0 Å². The van der Waals surface area contributed by atoms with Gasteiger partial charge >= 0.3 is 0 Å². The smallest absolute Gasteiger partial charge is 0.253 e. The molecule has 0 radical (unpaired) electrons. The Bertz CT molecular complexity index is 616. The number of hydrogen-bond donors (Lipinski definition) is 2. The van der Waals surface area contributed by atoms with Crippen molar-refractivity contribution in [1.29, 1.82) is 0 Å². The molecule has 5 nitrogen and oxygen atoms in total. The first-order chi connectivity index (χ1) is 8.97. The number of nitrogens with one attached hydrogen (secondary N) is 1. The second kappa shape index (κ2) is 5.14. The molecule has 0 bridgehead atoms. The van der Waals surface area contributed by atoms with E-state index in [0.29, 0.717) is 17.8 Å². The molecule has 1 aromatic carbocycles. The number of aryl methyl sites for hydroxylation is 3. The highest BCUT2D eigenvalue weighted by Crippen LogP contribution is 2.14. The molecule has 3 N–H and O–H groups in total. The van der Waals surface area contributed by atoms with Crippen molar-refractivity contribution in [1.82, 2.24) is 15.1 Å². The molecule has 1 aromatic heterocycles. The van der Waals surface area contributed by atoms with E-state index in [4.69, 9.17) is 5.73 Å². The van der Waals surface area contributed by atoms with Crippen molar-refractivity contribution in [2.24, 2.45) is 7.05 Å². The summed E-state index contributed by atoms with van der Waals surface area (Å²) in [6, 6.07) is 5.42. The molecule has 0 spiro atoms. The predicted molar refractivity (Wildman–Crippen MR) is 74.7 cm³/mol. The summed E-state index contributed by atoms with van der Waals surface area (Å²) in [6.45, 7) is 4.31. The van der Waals surface area contributed by atoms with Crippen LogP contribution >= 0.6 is 0 Å². The molecule has 2 aromatic rings. The van der Waals surface area contributed by atoms with Gasteiger partial charge in [0.1, 0.15) is 0 Å². The quantitative estimate of drug-likeness (QED) is 0.820. The summed E-state index contributed by atoms with van der Waals surface area (Å²) in [5, 5.41) is 7.09. The van der Waals surface area contributed by atoms with Gasteiger partial charge in [-0.2, -0.15) is 5.10 Å². The lowest BCUT2D eigenvalue weighted by atomic mass is 10.1. The van der Waals surface area contributed by atoms with Gasteiger partial charge in [-0.1, -0.05) is 6.07 Å². The van der Waals surface area contributed by atoms with Crippen molar-refractivity contribution in [3.05, 3.63) is 46.8 Å². The fourth-order valence-electron chi connectivity index (χ4n) is 1.98. The molecule has 1 heterocycles. The van der Waals surface area contributed by atoms with Gasteiger partial charge in [0.25, 0.3) is 5.91 Å². The Balaban J connectivity index is 2.07. The van der Waals surface area contributed by atoms with Gasteiger partial charge < -0.3 is 11.1 Å². The van der Waals surface area contributed by atoms with E-state index < -0.39 is 0 Å². The zero-order chi connectivity index (χ0) is 14.0. The van der Waals surface area contributed by atoms with Crippen molar-refractivity contribution >= 4 is 11.6 Å². The second-order valence-electron chi connectivity index (χ2n) is 4.69. The van der Waals surface area contributed by atoms with Crippen LogP contribution in [0.25, 0.3) is 0 Å². The number of nitrogens with two attached hydrogens (primary N) is 1. The third kappa shape index (κ3) is 2.93. The normalized spacial score (nSPS) is 10.5. The van der Waals surface area contributed by atoms with Gasteiger partial charge in [0, 0.05) is 31.0 Å². The third-order valence-corrected chi connectivity index (χ3v) is 3.01. The molecule has 0 saturated heterocycles. The fraction of sp³-hybridized carbons (Fsp3) is 0.286. The number of benzene rings is 1. The van der Waals surface area contributed by atoms with E-state index in [9.17, 15) is 4.79 Å². The number of amides is 1. The molecule has 0 aliphatic carbocycles. The number of carbonyl (C=O) groups is 1. The highest BCUT2D eigenvalue weighted by molar-refractivity contribution is 5.99. The van der Waals surface area contributed by atoms with Crippen LogP contribution in [0.3, 0.4) is 0 Å². The number of carbonyl (C=O) groups excluding carboxylic acids is 1. The molecule has 0 fully saturated rings. The first-order valence-electron chi connectivity index (χ1n) is 6.11. The molecule has 19 heavy (non-hydrogen) atoms. The lowest BCUT2D eigenvalue weighted by Gasteiger charge is -2.07. The predicted octanol–water partition coefficient (Wildman–Crippen LogP) is 1.55. The number of nitrogen functional groups attached to an aromatic ring is 1. The van der Waals surface area contributed by atoms with Crippen LogP contribution in [0.2, 0.25) is 0 Å². The highest BCUT2D eigenvalue weighted by Gasteiger charge is 2.10. The minimum absolute atomic E-state index is 0.166. The van der Waals surface area contributed by atoms with Gasteiger partial charge in [-0.05, 0) is 31.5 Å². The van der Waals surface area contributed by atoms with Gasteiger partial charge in [-0.25, -0.2) is 0 Å². The maximum absolute atomic E-state index is 12.0. The van der Waals surface area contributed by atoms with Crippen LogP contribution in [0.1, 0.15) is 27.2 Å². The first-order valence-corrected chi connectivity index (χ1v) is 6.11. The van der Waals surface area contributed by atoms with Crippen LogP contribution < -0.4 is 11.1 Å². The monoisotopic (exact) mass is 258 g/mol. The highest BCUT2D eigenvalue weighted by atomic mass is 16.1. The van der Waals surface area contributed by atoms with E-state index >= 15 is 0 Å². The van der Waals surface area contributed by atoms with E-state index in [0.717, 1.165) is 16.8 Å². The Morgan fingerprint density at radius 1 is 1.42 bits per heavy atom. The average Bonchev–Trinajstić information content (AvgIpc) is 2.65. The fourth-order valence-corrected chi connectivity index (χ4v) is 1.98. The van der Waals surface area contributed by atoms with Gasteiger partial charge in [0.05, 0.1) is 11.3 Å². The Morgan fingerprint density at radius 3 is 2.74 bits per heavy atom. The summed E-state index contributed by atoms with van der Waals surface area (Å²) >= 11 is 0. The number of nitrogens with zero attached hydrogens (tertiary/aromatic N) is 2.